The van der Waals surface area contributed by atoms with Crippen LogP contribution in [-0.4, -0.2) is 46.9 Å². The Morgan fingerprint density at radius 3 is 1.54 bits per heavy atom. The molecule has 0 bridgehead atoms. The molecule has 0 aromatic carbocycles. The van der Waals surface area contributed by atoms with Gasteiger partial charge in [-0.1, -0.05) is 84.0 Å². The molecule has 0 saturated heterocycles. The van der Waals surface area contributed by atoms with Gasteiger partial charge in [-0.05, 0) is 19.3 Å². The maximum absolute atomic E-state index is 11.7. The fourth-order valence-electron chi connectivity index (χ4n) is 3.08. The summed E-state index contributed by atoms with van der Waals surface area (Å²) in [6.07, 6.45) is 15.4. The van der Waals surface area contributed by atoms with Crippen molar-refractivity contribution in [3.05, 3.63) is 0 Å². The number of carboxylic acid groups (broad SMARTS) is 2. The van der Waals surface area contributed by atoms with Gasteiger partial charge in [-0.3, -0.25) is 4.79 Å². The summed E-state index contributed by atoms with van der Waals surface area (Å²) >= 11 is 0. The average Bonchev–Trinajstić information content (AvgIpc) is 2.62. The summed E-state index contributed by atoms with van der Waals surface area (Å²) < 4.78 is 0. The quantitative estimate of drug-likeness (QED) is 0.259. The summed E-state index contributed by atoms with van der Waals surface area (Å²) in [6.45, 7) is 2.23. The Balaban J connectivity index is 0. The molecule has 0 aliphatic carbocycles. The van der Waals surface area contributed by atoms with Crippen molar-refractivity contribution in [2.75, 3.05) is 0 Å². The first-order chi connectivity index (χ1) is 13.0. The van der Waals surface area contributed by atoms with Crippen LogP contribution in [-0.2, 0) is 14.4 Å². The molecule has 0 aliphatic heterocycles. The Morgan fingerprint density at radius 2 is 1.14 bits per heavy atom. The molecule has 0 heterocycles. The van der Waals surface area contributed by atoms with E-state index in [1.807, 2.05) is 0 Å². The van der Waals surface area contributed by atoms with E-state index in [4.69, 9.17) is 0 Å². The Bertz CT molecular complexity index is 418. The number of carbonyl (C=O) groups excluding carboxylic acids is 3. The molecule has 0 aromatic heterocycles. The first-order valence-corrected chi connectivity index (χ1v) is 10.7. The Morgan fingerprint density at radius 1 is 0.714 bits per heavy atom. The molecule has 6 nitrogen and oxygen atoms in total. The van der Waals surface area contributed by atoms with Crippen LogP contribution in [0, 0.1) is 0 Å². The van der Waals surface area contributed by atoms with Crippen LogP contribution >= 0.6 is 0 Å². The SMILES string of the molecule is CCCCCCCCCCCCCCCC(=O)N[C@@H](CCC(=O)[O-])C(=O)[O-].[Mg+2]. The van der Waals surface area contributed by atoms with Crippen LogP contribution in [0.4, 0.5) is 0 Å². The van der Waals surface area contributed by atoms with E-state index < -0.39 is 24.4 Å². The summed E-state index contributed by atoms with van der Waals surface area (Å²) in [5.41, 5.74) is 0. The van der Waals surface area contributed by atoms with Gasteiger partial charge in [0.15, 0.2) is 0 Å². The maximum Gasteiger partial charge on any atom is 2.00 e. The summed E-state index contributed by atoms with van der Waals surface area (Å²) in [5.74, 6) is -3.17. The molecule has 0 saturated carbocycles. The van der Waals surface area contributed by atoms with Crippen molar-refractivity contribution >= 4 is 40.9 Å². The Hall–Kier alpha value is -0.824. The number of hydrogen-bond donors (Lipinski definition) is 1. The number of unbranched alkanes of at least 4 members (excludes halogenated alkanes) is 12. The zero-order valence-electron chi connectivity index (χ0n) is 17.6. The van der Waals surface area contributed by atoms with Crippen molar-refractivity contribution in [1.82, 2.24) is 5.32 Å². The van der Waals surface area contributed by atoms with Gasteiger partial charge in [0.05, 0.1) is 12.0 Å². The largest absolute Gasteiger partial charge is 2.00 e. The number of aliphatic carboxylic acids is 2. The van der Waals surface area contributed by atoms with E-state index in [1.165, 1.54) is 64.2 Å². The van der Waals surface area contributed by atoms with Gasteiger partial charge in [0.1, 0.15) is 0 Å². The number of carboxylic acids is 2. The van der Waals surface area contributed by atoms with Crippen LogP contribution in [0.25, 0.3) is 0 Å². The molecular weight excluding hydrogens is 371 g/mol. The average molecular weight is 408 g/mol. The molecule has 0 spiro atoms. The second-order valence-corrected chi connectivity index (χ2v) is 7.34. The van der Waals surface area contributed by atoms with E-state index in [-0.39, 0.29) is 41.8 Å². The first kappa shape index (κ1) is 29.4. The molecule has 0 fully saturated rings. The molecule has 0 radical (unpaired) electrons. The summed E-state index contributed by atoms with van der Waals surface area (Å²) in [4.78, 5) is 33.0. The van der Waals surface area contributed by atoms with E-state index in [1.54, 1.807) is 0 Å². The Kier molecular flexibility index (Phi) is 21.9. The van der Waals surface area contributed by atoms with Gasteiger partial charge in [0.25, 0.3) is 0 Å². The molecule has 1 atom stereocenters. The normalized spacial score (nSPS) is 11.5. The van der Waals surface area contributed by atoms with Crippen molar-refractivity contribution in [2.24, 2.45) is 0 Å². The minimum absolute atomic E-state index is 0. The molecule has 1 N–H and O–H groups in total. The zero-order valence-corrected chi connectivity index (χ0v) is 19.1. The van der Waals surface area contributed by atoms with E-state index in [0.717, 1.165) is 12.8 Å². The van der Waals surface area contributed by atoms with Crippen LogP contribution in [0.1, 0.15) is 110 Å². The van der Waals surface area contributed by atoms with E-state index in [0.29, 0.717) is 6.42 Å². The smallest absolute Gasteiger partial charge is 0.550 e. The summed E-state index contributed by atoms with van der Waals surface area (Å²) in [5, 5.41) is 23.6. The fourth-order valence-corrected chi connectivity index (χ4v) is 3.08. The van der Waals surface area contributed by atoms with E-state index in [2.05, 4.69) is 12.2 Å². The van der Waals surface area contributed by atoms with Crippen LogP contribution < -0.4 is 15.5 Å². The number of hydrogen-bond acceptors (Lipinski definition) is 5. The number of nitrogens with one attached hydrogen (secondary N) is 1. The third-order valence-corrected chi connectivity index (χ3v) is 4.76. The molecule has 1 amide bonds. The third kappa shape index (κ3) is 19.9. The van der Waals surface area contributed by atoms with Gasteiger partial charge < -0.3 is 25.1 Å². The van der Waals surface area contributed by atoms with Gasteiger partial charge in [-0.2, -0.15) is 0 Å². The monoisotopic (exact) mass is 407 g/mol. The fraction of sp³-hybridized carbons (Fsp3) is 0.857. The minimum atomic E-state index is -1.46. The topological polar surface area (TPSA) is 109 Å². The molecule has 7 heteroatoms. The molecule has 28 heavy (non-hydrogen) atoms. The second kappa shape index (κ2) is 20.9. The first-order valence-electron chi connectivity index (χ1n) is 10.7. The molecule has 158 valence electrons. The van der Waals surface area contributed by atoms with Gasteiger partial charge in [0, 0.05) is 12.4 Å². The maximum atomic E-state index is 11.7. The van der Waals surface area contributed by atoms with Crippen LogP contribution in [0.15, 0.2) is 0 Å². The minimum Gasteiger partial charge on any atom is -0.550 e. The molecule has 0 aliphatic rings. The predicted molar refractivity (Wildman–Crippen MR) is 107 cm³/mol. The summed E-state index contributed by atoms with van der Waals surface area (Å²) in [7, 11) is 0. The second-order valence-electron chi connectivity index (χ2n) is 7.34. The van der Waals surface area contributed by atoms with E-state index >= 15 is 0 Å². The molecular formula is C21H37MgNO5. The van der Waals surface area contributed by atoms with Crippen molar-refractivity contribution < 1.29 is 24.6 Å². The summed E-state index contributed by atoms with van der Waals surface area (Å²) in [6, 6.07) is -1.27. The Labute approximate surface area is 186 Å². The number of rotatable bonds is 19. The van der Waals surface area contributed by atoms with Gasteiger partial charge in [-0.25, -0.2) is 0 Å². The van der Waals surface area contributed by atoms with Gasteiger partial charge in [-0.15, -0.1) is 0 Å². The van der Waals surface area contributed by atoms with Gasteiger partial charge >= 0.3 is 23.1 Å². The molecule has 0 rings (SSSR count). The predicted octanol–water partition coefficient (Wildman–Crippen LogP) is 1.85. The van der Waals surface area contributed by atoms with Crippen molar-refractivity contribution in [3.63, 3.8) is 0 Å². The number of amides is 1. The van der Waals surface area contributed by atoms with Crippen LogP contribution in [0.3, 0.4) is 0 Å². The van der Waals surface area contributed by atoms with E-state index in [9.17, 15) is 24.6 Å². The zero-order chi connectivity index (χ0) is 20.3. The third-order valence-electron chi connectivity index (χ3n) is 4.76. The van der Waals surface area contributed by atoms with Crippen molar-refractivity contribution in [3.8, 4) is 0 Å². The standard InChI is InChI=1S/C21H39NO5.Mg/c1-2-3-4-5-6-7-8-9-10-11-12-13-14-15-19(23)22-18(21(26)27)16-17-20(24)25;/h18H,2-17H2,1H3,(H,22,23)(H,24,25)(H,26,27);/q;+2/p-2/t18-;/m0./s1. The van der Waals surface area contributed by atoms with Crippen LogP contribution in [0.2, 0.25) is 0 Å². The van der Waals surface area contributed by atoms with Crippen molar-refractivity contribution in [2.45, 2.75) is 116 Å². The van der Waals surface area contributed by atoms with Gasteiger partial charge in [0.2, 0.25) is 5.91 Å². The van der Waals surface area contributed by atoms with Crippen LogP contribution in [0.5, 0.6) is 0 Å². The number of carbonyl (C=O) groups is 3. The van der Waals surface area contributed by atoms with Crippen molar-refractivity contribution in [1.29, 1.82) is 0 Å². The molecule has 0 aromatic rings. The molecule has 0 unspecified atom stereocenters.